The number of fused-ring (bicyclic) bond motifs is 2. The van der Waals surface area contributed by atoms with Crippen LogP contribution in [0.1, 0.15) is 27.7 Å². The number of carbonyl (C=O) groups is 1. The molecule has 1 amide bonds. The lowest BCUT2D eigenvalue weighted by Crippen LogP contribution is -2.29. The molecular weight excluding hydrogens is 409 g/mol. The van der Waals surface area contributed by atoms with Crippen molar-refractivity contribution < 1.29 is 9.21 Å². The van der Waals surface area contributed by atoms with Gasteiger partial charge in [0.15, 0.2) is 5.43 Å². The summed E-state index contributed by atoms with van der Waals surface area (Å²) in [5.41, 5.74) is 1.80. The molecular formula is C23H13Cl2NO3. The highest BCUT2D eigenvalue weighted by atomic mass is 35.5. The molecule has 6 heteroatoms. The molecule has 0 N–H and O–H groups in total. The average molecular weight is 422 g/mol. The van der Waals surface area contributed by atoms with Gasteiger partial charge < -0.3 is 4.42 Å². The van der Waals surface area contributed by atoms with Crippen LogP contribution < -0.4 is 10.3 Å². The quantitative estimate of drug-likeness (QED) is 0.407. The second kappa shape index (κ2) is 6.76. The average Bonchev–Trinajstić information content (AvgIpc) is 3.03. The summed E-state index contributed by atoms with van der Waals surface area (Å²) in [5.74, 6) is -0.311. The van der Waals surface area contributed by atoms with E-state index >= 15 is 0 Å². The fourth-order valence-corrected chi connectivity index (χ4v) is 4.06. The molecule has 2 heterocycles. The van der Waals surface area contributed by atoms with Crippen LogP contribution in [-0.4, -0.2) is 5.91 Å². The molecule has 0 saturated carbocycles. The number of para-hydroxylation sites is 1. The van der Waals surface area contributed by atoms with Crippen LogP contribution in [-0.2, 0) is 0 Å². The molecule has 142 valence electrons. The number of hydrogen-bond acceptors (Lipinski definition) is 3. The van der Waals surface area contributed by atoms with E-state index in [0.29, 0.717) is 32.3 Å². The number of carbonyl (C=O) groups excluding carboxylic acids is 1. The third-order valence-electron chi connectivity index (χ3n) is 5.05. The fourth-order valence-electron chi connectivity index (χ4n) is 3.76. The minimum Gasteiger partial charge on any atom is -0.450 e. The summed E-state index contributed by atoms with van der Waals surface area (Å²) in [5, 5.41) is 1.34. The van der Waals surface area contributed by atoms with E-state index in [1.54, 1.807) is 35.2 Å². The predicted molar refractivity (Wildman–Crippen MR) is 114 cm³/mol. The van der Waals surface area contributed by atoms with Gasteiger partial charge in [-0.05, 0) is 48.0 Å². The summed E-state index contributed by atoms with van der Waals surface area (Å²) in [4.78, 5) is 28.4. The minimum absolute atomic E-state index is 0.0497. The van der Waals surface area contributed by atoms with Crippen molar-refractivity contribution in [1.82, 2.24) is 0 Å². The van der Waals surface area contributed by atoms with E-state index in [1.807, 2.05) is 42.5 Å². The minimum atomic E-state index is -0.628. The molecule has 5 rings (SSSR count). The lowest BCUT2D eigenvalue weighted by atomic mass is 9.98. The molecule has 3 aromatic carbocycles. The van der Waals surface area contributed by atoms with Gasteiger partial charge in [0.05, 0.1) is 17.0 Å². The molecule has 1 aliphatic heterocycles. The van der Waals surface area contributed by atoms with Crippen molar-refractivity contribution in [3.8, 4) is 0 Å². The van der Waals surface area contributed by atoms with Crippen molar-refractivity contribution in [3.05, 3.63) is 110 Å². The van der Waals surface area contributed by atoms with E-state index in [1.165, 1.54) is 0 Å². The fraction of sp³-hybridized carbons (Fsp3) is 0.0435. The smallest absolute Gasteiger partial charge is 0.295 e. The van der Waals surface area contributed by atoms with Crippen LogP contribution in [0, 0.1) is 0 Å². The van der Waals surface area contributed by atoms with Crippen molar-refractivity contribution in [2.24, 2.45) is 0 Å². The Balaban J connectivity index is 1.83. The molecule has 1 atom stereocenters. The Hall–Kier alpha value is -3.08. The number of rotatable bonds is 2. The summed E-state index contributed by atoms with van der Waals surface area (Å²) in [6.07, 6.45) is 0. The maximum absolute atomic E-state index is 13.4. The van der Waals surface area contributed by atoms with Crippen LogP contribution >= 0.6 is 23.2 Å². The molecule has 29 heavy (non-hydrogen) atoms. The van der Waals surface area contributed by atoms with Gasteiger partial charge in [-0.25, -0.2) is 0 Å². The maximum Gasteiger partial charge on any atom is 0.295 e. The molecule has 0 spiro atoms. The normalized spacial score (nSPS) is 15.7. The number of halogens is 2. The predicted octanol–water partition coefficient (Wildman–Crippen LogP) is 5.85. The summed E-state index contributed by atoms with van der Waals surface area (Å²) >= 11 is 12.1. The molecule has 1 aliphatic rings. The number of anilines is 1. The van der Waals surface area contributed by atoms with Crippen molar-refractivity contribution in [2.45, 2.75) is 6.04 Å². The Morgan fingerprint density at radius 2 is 1.52 bits per heavy atom. The molecule has 0 bridgehead atoms. The largest absolute Gasteiger partial charge is 0.450 e. The number of amides is 1. The van der Waals surface area contributed by atoms with Gasteiger partial charge in [0.2, 0.25) is 5.76 Å². The van der Waals surface area contributed by atoms with E-state index in [2.05, 4.69) is 0 Å². The zero-order chi connectivity index (χ0) is 20.1. The van der Waals surface area contributed by atoms with Crippen molar-refractivity contribution in [2.75, 3.05) is 4.90 Å². The number of hydrogen-bond donors (Lipinski definition) is 0. The monoisotopic (exact) mass is 421 g/mol. The van der Waals surface area contributed by atoms with E-state index in [4.69, 9.17) is 27.6 Å². The first-order valence-corrected chi connectivity index (χ1v) is 9.70. The second-order valence-corrected chi connectivity index (χ2v) is 7.65. The lowest BCUT2D eigenvalue weighted by Gasteiger charge is -2.25. The Kier molecular flexibility index (Phi) is 4.19. The third kappa shape index (κ3) is 2.84. The topological polar surface area (TPSA) is 50.5 Å². The van der Waals surface area contributed by atoms with Gasteiger partial charge in [-0.2, -0.15) is 0 Å². The van der Waals surface area contributed by atoms with E-state index in [-0.39, 0.29) is 17.1 Å². The van der Waals surface area contributed by atoms with Gasteiger partial charge >= 0.3 is 0 Å². The first-order valence-electron chi connectivity index (χ1n) is 8.95. The van der Waals surface area contributed by atoms with Gasteiger partial charge in [0.1, 0.15) is 5.58 Å². The first kappa shape index (κ1) is 18.0. The maximum atomic E-state index is 13.4. The van der Waals surface area contributed by atoms with Gasteiger partial charge in [0.25, 0.3) is 5.91 Å². The highest BCUT2D eigenvalue weighted by Crippen LogP contribution is 2.41. The number of nitrogens with zero attached hydrogens (tertiary/aromatic N) is 1. The molecule has 1 aromatic heterocycles. The molecule has 0 aliphatic carbocycles. The van der Waals surface area contributed by atoms with Gasteiger partial charge in [0, 0.05) is 15.7 Å². The summed E-state index contributed by atoms with van der Waals surface area (Å²) in [6.45, 7) is 0. The standard InChI is InChI=1S/C23H13Cl2NO3/c24-14-8-6-13(7-9-14)20-19-21(27)17-12-15(25)10-11-18(17)29-22(19)23(28)26(20)16-4-2-1-3-5-16/h1-12,20H. The summed E-state index contributed by atoms with van der Waals surface area (Å²) < 4.78 is 5.90. The molecule has 4 nitrogen and oxygen atoms in total. The molecule has 0 radical (unpaired) electrons. The van der Waals surface area contributed by atoms with Crippen LogP contribution in [0.3, 0.4) is 0 Å². The molecule has 1 unspecified atom stereocenters. The van der Waals surface area contributed by atoms with Crippen LogP contribution in [0.15, 0.2) is 82.0 Å². The van der Waals surface area contributed by atoms with Crippen molar-refractivity contribution in [1.29, 1.82) is 0 Å². The van der Waals surface area contributed by atoms with Gasteiger partial charge in [-0.15, -0.1) is 0 Å². The highest BCUT2D eigenvalue weighted by molar-refractivity contribution is 6.31. The summed E-state index contributed by atoms with van der Waals surface area (Å²) in [7, 11) is 0. The van der Waals surface area contributed by atoms with Gasteiger partial charge in [-0.1, -0.05) is 53.5 Å². The van der Waals surface area contributed by atoms with Crippen LogP contribution in [0.2, 0.25) is 10.0 Å². The number of benzene rings is 3. The van der Waals surface area contributed by atoms with Crippen molar-refractivity contribution in [3.63, 3.8) is 0 Å². The Morgan fingerprint density at radius 1 is 0.828 bits per heavy atom. The van der Waals surface area contributed by atoms with E-state index in [0.717, 1.165) is 5.56 Å². The SMILES string of the molecule is O=C1c2oc3ccc(Cl)cc3c(=O)c2C(c2ccc(Cl)cc2)N1c1ccccc1. The van der Waals surface area contributed by atoms with Crippen molar-refractivity contribution >= 4 is 45.8 Å². The van der Waals surface area contributed by atoms with E-state index < -0.39 is 6.04 Å². The molecule has 4 aromatic rings. The summed E-state index contributed by atoms with van der Waals surface area (Å²) in [6, 6.07) is 20.5. The Labute approximate surface area is 175 Å². The second-order valence-electron chi connectivity index (χ2n) is 6.78. The van der Waals surface area contributed by atoms with Gasteiger partial charge in [-0.3, -0.25) is 14.5 Å². The van der Waals surface area contributed by atoms with Crippen LogP contribution in [0.25, 0.3) is 11.0 Å². The van der Waals surface area contributed by atoms with E-state index in [9.17, 15) is 9.59 Å². The molecule has 0 saturated heterocycles. The lowest BCUT2D eigenvalue weighted by molar-refractivity contribution is 0.0971. The Morgan fingerprint density at radius 3 is 2.24 bits per heavy atom. The van der Waals surface area contributed by atoms with Crippen LogP contribution in [0.4, 0.5) is 5.69 Å². The molecule has 0 fully saturated rings. The van der Waals surface area contributed by atoms with Crippen LogP contribution in [0.5, 0.6) is 0 Å². The zero-order valence-electron chi connectivity index (χ0n) is 14.9. The third-order valence-corrected chi connectivity index (χ3v) is 5.54. The first-order chi connectivity index (χ1) is 14.0. The Bertz CT molecular complexity index is 1310. The zero-order valence-corrected chi connectivity index (χ0v) is 16.4. The highest BCUT2D eigenvalue weighted by Gasteiger charge is 2.43.